The van der Waals surface area contributed by atoms with Gasteiger partial charge in [-0.2, -0.15) is 0 Å². The Morgan fingerprint density at radius 2 is 1.86 bits per heavy atom. The first kappa shape index (κ1) is 22.0. The van der Waals surface area contributed by atoms with Gasteiger partial charge in [0.25, 0.3) is 11.8 Å². The van der Waals surface area contributed by atoms with Crippen molar-refractivity contribution in [3.8, 4) is 5.69 Å². The number of halogens is 2. The highest BCUT2D eigenvalue weighted by Gasteiger charge is 2.39. The van der Waals surface area contributed by atoms with Gasteiger partial charge in [-0.15, -0.1) is 5.10 Å². The predicted molar refractivity (Wildman–Crippen MR) is 119 cm³/mol. The van der Waals surface area contributed by atoms with E-state index in [9.17, 15) is 28.0 Å². The number of piperidine rings is 1. The second kappa shape index (κ2) is 8.04. The topological polar surface area (TPSA) is 118 Å². The Morgan fingerprint density at radius 3 is 2.67 bits per heavy atom. The van der Waals surface area contributed by atoms with E-state index in [2.05, 4.69) is 15.6 Å². The third-order valence-electron chi connectivity index (χ3n) is 6.77. The number of aromatic nitrogens is 3. The lowest BCUT2D eigenvalue weighted by molar-refractivity contribution is -0.136. The summed E-state index contributed by atoms with van der Waals surface area (Å²) in [5, 5.41) is 10.2. The lowest BCUT2D eigenvalue weighted by atomic mass is 10.0. The zero-order valence-electron chi connectivity index (χ0n) is 18.7. The Labute approximate surface area is 202 Å². The zero-order valence-corrected chi connectivity index (χ0v) is 18.7. The molecule has 0 saturated carbocycles. The molecule has 4 heterocycles. The van der Waals surface area contributed by atoms with Crippen molar-refractivity contribution in [1.82, 2.24) is 25.2 Å². The summed E-state index contributed by atoms with van der Waals surface area (Å²) < 4.78 is 29.7. The summed E-state index contributed by atoms with van der Waals surface area (Å²) in [5.74, 6) is -3.08. The molecule has 1 N–H and O–H groups in total. The van der Waals surface area contributed by atoms with Crippen molar-refractivity contribution < 1.29 is 28.0 Å². The van der Waals surface area contributed by atoms with E-state index in [0.717, 1.165) is 22.6 Å². The minimum atomic E-state index is -0.727. The highest BCUT2D eigenvalue weighted by atomic mass is 19.1. The van der Waals surface area contributed by atoms with E-state index in [1.807, 2.05) is 0 Å². The molecular formula is C24H18F2N6O4. The van der Waals surface area contributed by atoms with Crippen molar-refractivity contribution in [2.75, 3.05) is 11.4 Å². The summed E-state index contributed by atoms with van der Waals surface area (Å²) in [6.45, 7) is 0.348. The number of carbonyl (C=O) groups is 4. The van der Waals surface area contributed by atoms with E-state index >= 15 is 0 Å². The van der Waals surface area contributed by atoms with Gasteiger partial charge >= 0.3 is 0 Å². The van der Waals surface area contributed by atoms with Gasteiger partial charge < -0.3 is 9.80 Å². The molecule has 1 fully saturated rings. The van der Waals surface area contributed by atoms with Crippen LogP contribution in [-0.2, 0) is 22.6 Å². The first-order chi connectivity index (χ1) is 17.3. The van der Waals surface area contributed by atoms with Gasteiger partial charge in [-0.05, 0) is 42.7 Å². The van der Waals surface area contributed by atoms with Crippen molar-refractivity contribution in [1.29, 1.82) is 0 Å². The van der Waals surface area contributed by atoms with Gasteiger partial charge in [0, 0.05) is 30.6 Å². The van der Waals surface area contributed by atoms with Crippen molar-refractivity contribution >= 4 is 29.3 Å². The highest BCUT2D eigenvalue weighted by molar-refractivity contribution is 6.06. The Balaban J connectivity index is 1.24. The Bertz CT molecular complexity index is 1490. The molecule has 36 heavy (non-hydrogen) atoms. The van der Waals surface area contributed by atoms with Gasteiger partial charge in [0.2, 0.25) is 11.8 Å². The molecule has 2 aromatic carbocycles. The van der Waals surface area contributed by atoms with Crippen LogP contribution in [0.5, 0.6) is 0 Å². The van der Waals surface area contributed by atoms with Crippen molar-refractivity contribution in [3.05, 3.63) is 70.5 Å². The van der Waals surface area contributed by atoms with E-state index in [-0.39, 0.29) is 61.1 Å². The number of hydrogen-bond acceptors (Lipinski definition) is 6. The fraction of sp³-hybridized carbons (Fsp3) is 0.250. The molecule has 4 amide bonds. The smallest absolute Gasteiger partial charge is 0.280 e. The minimum absolute atomic E-state index is 0.0662. The van der Waals surface area contributed by atoms with Crippen molar-refractivity contribution in [3.63, 3.8) is 0 Å². The number of anilines is 1. The van der Waals surface area contributed by atoms with E-state index < -0.39 is 29.5 Å². The molecule has 1 aromatic heterocycles. The molecule has 0 radical (unpaired) electrons. The SMILES string of the molecule is O=C1CCC(N2Cc3ccc(-n4cc(C(=O)N5CCc6c(F)ccc(F)c65)nn4)cc3C2=O)C(=O)N1. The molecule has 3 aliphatic rings. The van der Waals surface area contributed by atoms with Crippen LogP contribution in [0.4, 0.5) is 14.5 Å². The number of hydrogen-bond donors (Lipinski definition) is 1. The van der Waals surface area contributed by atoms with Gasteiger partial charge in [0.1, 0.15) is 17.7 Å². The normalized spacial score (nSPS) is 18.9. The monoisotopic (exact) mass is 492 g/mol. The van der Waals surface area contributed by atoms with Gasteiger partial charge in [0.05, 0.1) is 17.6 Å². The number of rotatable bonds is 3. The molecular weight excluding hydrogens is 474 g/mol. The molecule has 6 rings (SSSR count). The highest BCUT2D eigenvalue weighted by Crippen LogP contribution is 2.34. The molecule has 1 atom stereocenters. The standard InChI is InChI=1S/C24H18F2N6O4/c25-16-3-4-17(26)21-14(16)7-8-30(21)24(36)18-11-32(29-28-18)13-2-1-12-10-31(23(35)15(12)9-13)19-5-6-20(33)27-22(19)34/h1-4,9,11,19H,5-8,10H2,(H,27,33,34). The van der Waals surface area contributed by atoms with Gasteiger partial charge in [0.15, 0.2) is 5.69 Å². The number of benzene rings is 2. The Morgan fingerprint density at radius 1 is 1.06 bits per heavy atom. The van der Waals surface area contributed by atoms with Gasteiger partial charge in [-0.3, -0.25) is 24.5 Å². The molecule has 182 valence electrons. The van der Waals surface area contributed by atoms with E-state index in [0.29, 0.717) is 11.3 Å². The fourth-order valence-corrected chi connectivity index (χ4v) is 4.96. The molecule has 1 unspecified atom stereocenters. The van der Waals surface area contributed by atoms with Crippen LogP contribution in [0.1, 0.15) is 44.8 Å². The van der Waals surface area contributed by atoms with Crippen LogP contribution < -0.4 is 10.2 Å². The number of carbonyl (C=O) groups excluding carboxylic acids is 4. The number of amides is 4. The number of nitrogens with one attached hydrogen (secondary N) is 1. The lowest BCUT2D eigenvalue weighted by Gasteiger charge is -2.29. The molecule has 12 heteroatoms. The second-order valence-electron chi connectivity index (χ2n) is 8.85. The van der Waals surface area contributed by atoms with Crippen LogP contribution in [0.3, 0.4) is 0 Å². The molecule has 3 aromatic rings. The second-order valence-corrected chi connectivity index (χ2v) is 8.85. The lowest BCUT2D eigenvalue weighted by Crippen LogP contribution is -2.52. The van der Waals surface area contributed by atoms with Crippen LogP contribution in [0.25, 0.3) is 5.69 Å². The Kier molecular flexibility index (Phi) is 4.92. The van der Waals surface area contributed by atoms with Crippen LogP contribution >= 0.6 is 0 Å². The summed E-state index contributed by atoms with van der Waals surface area (Å²) in [6, 6.07) is 6.31. The molecule has 0 bridgehead atoms. The summed E-state index contributed by atoms with van der Waals surface area (Å²) in [6.07, 6.45) is 1.97. The Hall–Kier alpha value is -4.48. The summed E-state index contributed by atoms with van der Waals surface area (Å²) in [5.41, 5.74) is 1.55. The summed E-state index contributed by atoms with van der Waals surface area (Å²) >= 11 is 0. The van der Waals surface area contributed by atoms with Gasteiger partial charge in [-0.1, -0.05) is 11.3 Å². The quantitative estimate of drug-likeness (QED) is 0.554. The largest absolute Gasteiger partial charge is 0.322 e. The number of imide groups is 1. The van der Waals surface area contributed by atoms with E-state index in [1.54, 1.807) is 18.2 Å². The molecule has 1 saturated heterocycles. The molecule has 10 nitrogen and oxygen atoms in total. The number of nitrogens with zero attached hydrogens (tertiary/aromatic N) is 5. The van der Waals surface area contributed by atoms with E-state index in [4.69, 9.17) is 0 Å². The minimum Gasteiger partial charge on any atom is -0.322 e. The maximum atomic E-state index is 14.4. The van der Waals surface area contributed by atoms with Crippen molar-refractivity contribution in [2.24, 2.45) is 0 Å². The zero-order chi connectivity index (χ0) is 25.1. The third kappa shape index (κ3) is 3.36. The maximum absolute atomic E-state index is 14.4. The van der Waals surface area contributed by atoms with E-state index in [1.165, 1.54) is 15.8 Å². The molecule has 0 spiro atoms. The fourth-order valence-electron chi connectivity index (χ4n) is 4.96. The summed E-state index contributed by atoms with van der Waals surface area (Å²) in [7, 11) is 0. The average molecular weight is 492 g/mol. The van der Waals surface area contributed by atoms with Crippen LogP contribution in [0, 0.1) is 11.6 Å². The first-order valence-electron chi connectivity index (χ1n) is 11.3. The molecule has 3 aliphatic heterocycles. The average Bonchev–Trinajstić information content (AvgIpc) is 3.59. The third-order valence-corrected chi connectivity index (χ3v) is 6.77. The first-order valence-corrected chi connectivity index (χ1v) is 11.3. The maximum Gasteiger partial charge on any atom is 0.280 e. The van der Waals surface area contributed by atoms with Crippen LogP contribution in [-0.4, -0.2) is 56.1 Å². The predicted octanol–water partition coefficient (Wildman–Crippen LogP) is 1.51. The van der Waals surface area contributed by atoms with Crippen LogP contribution in [0.15, 0.2) is 36.5 Å². The van der Waals surface area contributed by atoms with Gasteiger partial charge in [-0.25, -0.2) is 13.5 Å². The number of fused-ring (bicyclic) bond motifs is 2. The van der Waals surface area contributed by atoms with Crippen LogP contribution in [0.2, 0.25) is 0 Å². The summed E-state index contributed by atoms with van der Waals surface area (Å²) in [4.78, 5) is 52.4. The molecule has 0 aliphatic carbocycles. The van der Waals surface area contributed by atoms with Crippen molar-refractivity contribution in [2.45, 2.75) is 31.8 Å².